The fraction of sp³-hybridized carbons (Fsp3) is 0.462. The Hall–Kier alpha value is -1.53. The maximum absolute atomic E-state index is 11.4. The topological polar surface area (TPSA) is 67.1 Å². The predicted molar refractivity (Wildman–Crippen MR) is 74.6 cm³/mol. The summed E-state index contributed by atoms with van der Waals surface area (Å²) in [6.45, 7) is 8.03. The van der Waals surface area contributed by atoms with Crippen molar-refractivity contribution < 1.29 is 9.31 Å². The number of nitrogens with one attached hydrogen (secondary N) is 2. The molecule has 0 amide bonds. The normalized spacial score (nSPS) is 21.2. The minimum absolute atomic E-state index is 0.223. The molecule has 2 aromatic rings. The van der Waals surface area contributed by atoms with Crippen LogP contribution in [-0.2, 0) is 9.31 Å². The molecule has 5 nitrogen and oxygen atoms in total. The largest absolute Gasteiger partial charge is 0.497 e. The summed E-state index contributed by atoms with van der Waals surface area (Å²) in [6.07, 6.45) is 0. The quantitative estimate of drug-likeness (QED) is 0.756. The predicted octanol–water partition coefficient (Wildman–Crippen LogP) is 1.16. The fourth-order valence-corrected chi connectivity index (χ4v) is 2.25. The van der Waals surface area contributed by atoms with E-state index in [0.717, 1.165) is 16.5 Å². The highest BCUT2D eigenvalue weighted by Crippen LogP contribution is 2.36. The van der Waals surface area contributed by atoms with Crippen molar-refractivity contribution >= 4 is 23.6 Å². The highest BCUT2D eigenvalue weighted by atomic mass is 16.7. The summed E-state index contributed by atoms with van der Waals surface area (Å²) in [5.41, 5.74) is 1.34. The van der Waals surface area contributed by atoms with Gasteiger partial charge in [-0.15, -0.1) is 0 Å². The van der Waals surface area contributed by atoms with Crippen LogP contribution in [0.25, 0.3) is 11.0 Å². The number of H-pyrrole nitrogens is 2. The summed E-state index contributed by atoms with van der Waals surface area (Å²) in [6, 6.07) is 5.64. The van der Waals surface area contributed by atoms with Crippen LogP contribution in [0.15, 0.2) is 23.0 Å². The van der Waals surface area contributed by atoms with E-state index in [-0.39, 0.29) is 5.69 Å². The van der Waals surface area contributed by atoms with Gasteiger partial charge >= 0.3 is 12.8 Å². The van der Waals surface area contributed by atoms with Crippen molar-refractivity contribution in [2.75, 3.05) is 0 Å². The lowest BCUT2D eigenvalue weighted by atomic mass is 9.78. The number of benzene rings is 1. The van der Waals surface area contributed by atoms with Crippen molar-refractivity contribution in [2.24, 2.45) is 0 Å². The first-order chi connectivity index (χ1) is 8.80. The van der Waals surface area contributed by atoms with Crippen LogP contribution >= 0.6 is 0 Å². The summed E-state index contributed by atoms with van der Waals surface area (Å²) in [7, 11) is -0.472. The SMILES string of the molecule is CC1(C)OB(c2cccc3[nH]c(=O)[nH]c23)OC1(C)C. The number of imidazole rings is 1. The van der Waals surface area contributed by atoms with Gasteiger partial charge in [-0.2, -0.15) is 0 Å². The molecule has 3 rings (SSSR count). The van der Waals surface area contributed by atoms with Gasteiger partial charge in [0, 0.05) is 5.46 Å². The van der Waals surface area contributed by atoms with Crippen LogP contribution in [0, 0.1) is 0 Å². The van der Waals surface area contributed by atoms with Crippen molar-refractivity contribution in [1.82, 2.24) is 9.97 Å². The van der Waals surface area contributed by atoms with E-state index in [9.17, 15) is 4.79 Å². The molecule has 0 unspecified atom stereocenters. The third-order valence-electron chi connectivity index (χ3n) is 4.09. The molecule has 2 heterocycles. The zero-order valence-electron chi connectivity index (χ0n) is 11.5. The Labute approximate surface area is 111 Å². The van der Waals surface area contributed by atoms with E-state index in [0.29, 0.717) is 0 Å². The van der Waals surface area contributed by atoms with Gasteiger partial charge in [-0.25, -0.2) is 4.79 Å². The maximum Gasteiger partial charge on any atom is 0.497 e. The first-order valence-electron chi connectivity index (χ1n) is 6.37. The average molecular weight is 260 g/mol. The standard InChI is InChI=1S/C13H17BN2O3/c1-12(2)13(3,4)19-14(18-12)8-6-5-7-9-10(8)16-11(17)15-9/h5-7H,1-4H3,(H2,15,16,17). The third kappa shape index (κ3) is 1.83. The van der Waals surface area contributed by atoms with E-state index in [1.54, 1.807) is 0 Å². The summed E-state index contributed by atoms with van der Waals surface area (Å²) in [5, 5.41) is 0. The van der Waals surface area contributed by atoms with Crippen molar-refractivity contribution in [3.05, 3.63) is 28.7 Å². The van der Waals surface area contributed by atoms with Gasteiger partial charge in [0.1, 0.15) is 0 Å². The molecule has 1 saturated heterocycles. The van der Waals surface area contributed by atoms with E-state index in [1.165, 1.54) is 0 Å². The van der Waals surface area contributed by atoms with Crippen LogP contribution < -0.4 is 11.2 Å². The molecule has 0 aliphatic carbocycles. The number of hydrogen-bond donors (Lipinski definition) is 2. The minimum atomic E-state index is -0.472. The van der Waals surface area contributed by atoms with Crippen molar-refractivity contribution in [1.29, 1.82) is 0 Å². The second kappa shape index (κ2) is 3.74. The molecule has 100 valence electrons. The van der Waals surface area contributed by atoms with Crippen LogP contribution in [0.2, 0.25) is 0 Å². The molecular weight excluding hydrogens is 243 g/mol. The molecule has 0 atom stereocenters. The zero-order valence-corrected chi connectivity index (χ0v) is 11.5. The van der Waals surface area contributed by atoms with Gasteiger partial charge in [-0.05, 0) is 33.8 Å². The minimum Gasteiger partial charge on any atom is -0.399 e. The maximum atomic E-state index is 11.4. The lowest BCUT2D eigenvalue weighted by Crippen LogP contribution is -2.41. The van der Waals surface area contributed by atoms with E-state index in [2.05, 4.69) is 9.97 Å². The van der Waals surface area contributed by atoms with Crippen molar-refractivity contribution in [3.63, 3.8) is 0 Å². The smallest absolute Gasteiger partial charge is 0.399 e. The first-order valence-corrected chi connectivity index (χ1v) is 6.37. The third-order valence-corrected chi connectivity index (χ3v) is 4.09. The molecule has 19 heavy (non-hydrogen) atoms. The Morgan fingerprint density at radius 2 is 1.68 bits per heavy atom. The molecule has 1 aliphatic heterocycles. The second-order valence-corrected chi connectivity index (χ2v) is 5.94. The molecule has 0 saturated carbocycles. The van der Waals surface area contributed by atoms with Gasteiger partial charge in [-0.1, -0.05) is 12.1 Å². The van der Waals surface area contributed by atoms with E-state index in [1.807, 2.05) is 45.9 Å². The Kier molecular flexibility index (Phi) is 2.46. The molecule has 1 aliphatic rings. The molecule has 1 aromatic heterocycles. The number of para-hydroxylation sites is 1. The molecule has 1 aromatic carbocycles. The lowest BCUT2D eigenvalue weighted by molar-refractivity contribution is 0.00578. The summed E-state index contributed by atoms with van der Waals surface area (Å²) < 4.78 is 12.0. The molecule has 6 heteroatoms. The van der Waals surface area contributed by atoms with Crippen LogP contribution in [0.1, 0.15) is 27.7 Å². The highest BCUT2D eigenvalue weighted by molar-refractivity contribution is 6.64. The summed E-state index contributed by atoms with van der Waals surface area (Å²) in [5.74, 6) is 0. The van der Waals surface area contributed by atoms with Crippen molar-refractivity contribution in [3.8, 4) is 0 Å². The molecule has 2 N–H and O–H groups in total. The van der Waals surface area contributed by atoms with Crippen LogP contribution in [-0.4, -0.2) is 28.3 Å². The number of fused-ring (bicyclic) bond motifs is 1. The molecular formula is C13H17BN2O3. The van der Waals surface area contributed by atoms with Gasteiger partial charge in [0.05, 0.1) is 22.2 Å². The number of hydrogen-bond acceptors (Lipinski definition) is 3. The van der Waals surface area contributed by atoms with Gasteiger partial charge < -0.3 is 19.3 Å². The summed E-state index contributed by atoms with van der Waals surface area (Å²) >= 11 is 0. The van der Waals surface area contributed by atoms with E-state index in [4.69, 9.17) is 9.31 Å². The number of aromatic nitrogens is 2. The monoisotopic (exact) mass is 260 g/mol. The van der Waals surface area contributed by atoms with Gasteiger partial charge in [0.15, 0.2) is 0 Å². The lowest BCUT2D eigenvalue weighted by Gasteiger charge is -2.32. The average Bonchev–Trinajstić information content (AvgIpc) is 2.75. The van der Waals surface area contributed by atoms with Gasteiger partial charge in [0.2, 0.25) is 0 Å². The Balaban J connectivity index is 2.09. The Morgan fingerprint density at radius 1 is 1.05 bits per heavy atom. The van der Waals surface area contributed by atoms with Crippen LogP contribution in [0.4, 0.5) is 0 Å². The van der Waals surface area contributed by atoms with Crippen molar-refractivity contribution in [2.45, 2.75) is 38.9 Å². The zero-order chi connectivity index (χ0) is 13.8. The Bertz CT molecular complexity index is 670. The molecule has 0 bridgehead atoms. The van der Waals surface area contributed by atoms with E-state index < -0.39 is 18.3 Å². The summed E-state index contributed by atoms with van der Waals surface area (Å²) in [4.78, 5) is 16.9. The van der Waals surface area contributed by atoms with Crippen LogP contribution in [0.5, 0.6) is 0 Å². The second-order valence-electron chi connectivity index (χ2n) is 5.94. The molecule has 0 radical (unpaired) electrons. The van der Waals surface area contributed by atoms with Gasteiger partial charge in [-0.3, -0.25) is 0 Å². The van der Waals surface area contributed by atoms with Crippen LogP contribution in [0.3, 0.4) is 0 Å². The Morgan fingerprint density at radius 3 is 2.32 bits per heavy atom. The molecule has 0 spiro atoms. The highest BCUT2D eigenvalue weighted by Gasteiger charge is 2.52. The number of rotatable bonds is 1. The first kappa shape index (κ1) is 12.5. The fourth-order valence-electron chi connectivity index (χ4n) is 2.25. The molecule has 1 fully saturated rings. The number of aromatic amines is 2. The van der Waals surface area contributed by atoms with Gasteiger partial charge in [0.25, 0.3) is 0 Å². The van der Waals surface area contributed by atoms with E-state index >= 15 is 0 Å².